The fraction of sp³-hybridized carbons (Fsp3) is 0.222. The number of carbonyl (C=O) groups is 1. The number of nitrogens with one attached hydrogen (secondary N) is 2. The van der Waals surface area contributed by atoms with E-state index < -0.39 is 4.92 Å². The van der Waals surface area contributed by atoms with Crippen molar-refractivity contribution in [3.05, 3.63) is 62.1 Å². The lowest BCUT2D eigenvalue weighted by Crippen LogP contribution is -2.34. The minimum absolute atomic E-state index is 0.0152. The minimum Gasteiger partial charge on any atom is -0.492 e. The van der Waals surface area contributed by atoms with Crippen molar-refractivity contribution in [2.24, 2.45) is 0 Å². The van der Waals surface area contributed by atoms with Crippen LogP contribution in [0, 0.1) is 17.0 Å². The van der Waals surface area contributed by atoms with Crippen molar-refractivity contribution in [1.29, 1.82) is 0 Å². The Labute approximate surface area is 177 Å². The summed E-state index contributed by atoms with van der Waals surface area (Å²) >= 11 is 16.9. The number of nitrogens with zero attached hydrogens (tertiary/aromatic N) is 1. The molecule has 28 heavy (non-hydrogen) atoms. The molecule has 0 spiro atoms. The first kappa shape index (κ1) is 21.9. The van der Waals surface area contributed by atoms with Gasteiger partial charge in [-0.2, -0.15) is 0 Å². The lowest BCUT2D eigenvalue weighted by Gasteiger charge is -2.11. The Morgan fingerprint density at radius 2 is 2.00 bits per heavy atom. The van der Waals surface area contributed by atoms with Crippen LogP contribution in [0.15, 0.2) is 36.4 Å². The number of aryl methyl sites for hydroxylation is 1. The van der Waals surface area contributed by atoms with Gasteiger partial charge in [0.15, 0.2) is 5.11 Å². The summed E-state index contributed by atoms with van der Waals surface area (Å²) in [5.74, 6) is 0.147. The molecule has 0 saturated carbocycles. The number of hydrogen-bond acceptors (Lipinski definition) is 5. The highest BCUT2D eigenvalue weighted by molar-refractivity contribution is 7.80. The van der Waals surface area contributed by atoms with Gasteiger partial charge in [0.25, 0.3) is 5.69 Å². The van der Waals surface area contributed by atoms with Gasteiger partial charge in [-0.15, -0.1) is 0 Å². The lowest BCUT2D eigenvalue weighted by atomic mass is 10.2. The molecular weight excluding hydrogens is 425 g/mol. The van der Waals surface area contributed by atoms with E-state index in [9.17, 15) is 14.9 Å². The summed E-state index contributed by atoms with van der Waals surface area (Å²) in [5.41, 5.74) is 0.833. The molecule has 0 aliphatic heterocycles. The molecule has 0 aliphatic carbocycles. The zero-order valence-electron chi connectivity index (χ0n) is 14.8. The smallest absolute Gasteiger partial charge is 0.292 e. The van der Waals surface area contributed by atoms with Gasteiger partial charge in [0.1, 0.15) is 11.4 Å². The summed E-state index contributed by atoms with van der Waals surface area (Å²) < 4.78 is 5.50. The molecule has 0 aliphatic rings. The van der Waals surface area contributed by atoms with Gasteiger partial charge in [0.05, 0.1) is 16.6 Å². The summed E-state index contributed by atoms with van der Waals surface area (Å²) in [7, 11) is 0. The van der Waals surface area contributed by atoms with Crippen LogP contribution in [-0.2, 0) is 4.79 Å². The third kappa shape index (κ3) is 6.63. The fourth-order valence-electron chi connectivity index (χ4n) is 2.25. The molecule has 2 N–H and O–H groups in total. The number of benzene rings is 2. The summed E-state index contributed by atoms with van der Waals surface area (Å²) in [6.07, 6.45) is 0.584. The molecule has 2 aromatic rings. The molecule has 0 atom stereocenters. The molecule has 0 heterocycles. The van der Waals surface area contributed by atoms with Gasteiger partial charge in [-0.3, -0.25) is 14.9 Å². The van der Waals surface area contributed by atoms with Gasteiger partial charge in [0, 0.05) is 17.5 Å². The van der Waals surface area contributed by atoms with Crippen LogP contribution in [0.1, 0.15) is 18.4 Å². The van der Waals surface area contributed by atoms with Crippen LogP contribution in [0.4, 0.5) is 11.4 Å². The highest BCUT2D eigenvalue weighted by atomic mass is 35.5. The van der Waals surface area contributed by atoms with Crippen molar-refractivity contribution in [1.82, 2.24) is 5.32 Å². The van der Waals surface area contributed by atoms with E-state index in [2.05, 4.69) is 10.6 Å². The average molecular weight is 442 g/mol. The van der Waals surface area contributed by atoms with Gasteiger partial charge in [-0.25, -0.2) is 0 Å². The molecule has 148 valence electrons. The molecule has 10 heteroatoms. The lowest BCUT2D eigenvalue weighted by molar-refractivity contribution is -0.383. The molecule has 7 nitrogen and oxygen atoms in total. The average Bonchev–Trinajstić information content (AvgIpc) is 2.61. The predicted molar refractivity (Wildman–Crippen MR) is 113 cm³/mol. The number of halogens is 2. The Bertz CT molecular complexity index is 908. The molecule has 2 aromatic carbocycles. The molecule has 0 saturated heterocycles. The van der Waals surface area contributed by atoms with Crippen LogP contribution in [-0.4, -0.2) is 22.5 Å². The predicted octanol–water partition coefficient (Wildman–Crippen LogP) is 4.88. The van der Waals surface area contributed by atoms with Crippen LogP contribution >= 0.6 is 35.4 Å². The van der Waals surface area contributed by atoms with Crippen LogP contribution in [0.2, 0.25) is 10.0 Å². The van der Waals surface area contributed by atoms with Gasteiger partial charge >= 0.3 is 0 Å². The second-order valence-electron chi connectivity index (χ2n) is 5.81. The van der Waals surface area contributed by atoms with Crippen LogP contribution in [0.25, 0.3) is 0 Å². The van der Waals surface area contributed by atoms with E-state index in [0.29, 0.717) is 22.2 Å². The van der Waals surface area contributed by atoms with E-state index in [1.165, 1.54) is 12.1 Å². The number of hydrogen-bond donors (Lipinski definition) is 2. The van der Waals surface area contributed by atoms with Gasteiger partial charge < -0.3 is 15.4 Å². The van der Waals surface area contributed by atoms with Crippen LogP contribution < -0.4 is 15.4 Å². The maximum Gasteiger partial charge on any atom is 0.292 e. The van der Waals surface area contributed by atoms with Crippen molar-refractivity contribution in [2.45, 2.75) is 19.8 Å². The van der Waals surface area contributed by atoms with Crippen LogP contribution in [0.5, 0.6) is 5.75 Å². The van der Waals surface area contributed by atoms with E-state index in [4.69, 9.17) is 40.2 Å². The Morgan fingerprint density at radius 3 is 2.68 bits per heavy atom. The molecule has 0 fully saturated rings. The third-order valence-corrected chi connectivity index (χ3v) is 4.29. The SMILES string of the molecule is Cc1ccc(NC(=S)NC(=O)CCCOc2ccc(Cl)cc2Cl)c([N+](=O)[O-])c1. The number of carbonyl (C=O) groups excluding carboxylic acids is 1. The summed E-state index contributed by atoms with van der Waals surface area (Å²) in [5, 5.41) is 17.2. The zero-order valence-corrected chi connectivity index (χ0v) is 17.2. The molecule has 0 bridgehead atoms. The maximum atomic E-state index is 12.0. The van der Waals surface area contributed by atoms with Crippen molar-refractivity contribution >= 4 is 57.8 Å². The van der Waals surface area contributed by atoms with Crippen LogP contribution in [0.3, 0.4) is 0 Å². The number of ether oxygens (including phenoxy) is 1. The number of rotatable bonds is 7. The highest BCUT2D eigenvalue weighted by Gasteiger charge is 2.15. The third-order valence-electron chi connectivity index (χ3n) is 3.55. The first-order valence-electron chi connectivity index (χ1n) is 8.20. The van der Waals surface area contributed by atoms with E-state index in [1.807, 2.05) is 0 Å². The van der Waals surface area contributed by atoms with E-state index in [0.717, 1.165) is 5.56 Å². The summed E-state index contributed by atoms with van der Waals surface area (Å²) in [6.45, 7) is 2.02. The monoisotopic (exact) mass is 441 g/mol. The minimum atomic E-state index is -0.515. The molecule has 2 rings (SSSR count). The van der Waals surface area contributed by atoms with E-state index in [-0.39, 0.29) is 35.4 Å². The van der Waals surface area contributed by atoms with Crippen molar-refractivity contribution in [2.75, 3.05) is 11.9 Å². The van der Waals surface area contributed by atoms with Crippen molar-refractivity contribution < 1.29 is 14.5 Å². The molecular formula is C18H17Cl2N3O4S. The number of thiocarbonyl (C=S) groups is 1. The Morgan fingerprint density at radius 1 is 1.25 bits per heavy atom. The standard InChI is InChI=1S/C18H17Cl2N3O4S/c1-11-4-6-14(15(9-11)23(25)26)21-18(28)22-17(24)3-2-8-27-16-7-5-12(19)10-13(16)20/h4-7,9-10H,2-3,8H2,1H3,(H2,21,22,24,28). The summed E-state index contributed by atoms with van der Waals surface area (Å²) in [4.78, 5) is 22.6. The Kier molecular flexibility index (Phi) is 7.98. The molecule has 0 aromatic heterocycles. The van der Waals surface area contributed by atoms with Gasteiger partial charge in [-0.05, 0) is 55.4 Å². The summed E-state index contributed by atoms with van der Waals surface area (Å²) in [6, 6.07) is 9.54. The Hall–Kier alpha value is -2.42. The van der Waals surface area contributed by atoms with E-state index in [1.54, 1.807) is 31.2 Å². The quantitative estimate of drug-likeness (QED) is 0.275. The number of nitro benzene ring substituents is 1. The molecule has 0 unspecified atom stereocenters. The maximum absolute atomic E-state index is 12.0. The normalized spacial score (nSPS) is 10.2. The largest absolute Gasteiger partial charge is 0.492 e. The fourth-order valence-corrected chi connectivity index (χ4v) is 2.94. The van der Waals surface area contributed by atoms with Crippen molar-refractivity contribution in [3.63, 3.8) is 0 Å². The first-order chi connectivity index (χ1) is 13.3. The number of amides is 1. The van der Waals surface area contributed by atoms with Gasteiger partial charge in [0.2, 0.25) is 5.91 Å². The van der Waals surface area contributed by atoms with Crippen molar-refractivity contribution in [3.8, 4) is 5.75 Å². The molecule has 1 amide bonds. The topological polar surface area (TPSA) is 93.5 Å². The second-order valence-corrected chi connectivity index (χ2v) is 7.06. The first-order valence-corrected chi connectivity index (χ1v) is 9.36. The number of anilines is 1. The van der Waals surface area contributed by atoms with E-state index >= 15 is 0 Å². The second kappa shape index (κ2) is 10.2. The number of nitro groups is 1. The van der Waals surface area contributed by atoms with Gasteiger partial charge in [-0.1, -0.05) is 29.3 Å². The zero-order chi connectivity index (χ0) is 20.7. The molecule has 0 radical (unpaired) electrons. The Balaban J connectivity index is 1.78. The highest BCUT2D eigenvalue weighted by Crippen LogP contribution is 2.27.